The summed E-state index contributed by atoms with van der Waals surface area (Å²) in [6.45, 7) is 3.38. The fraction of sp³-hybridized carbons (Fsp3) is 0.500. The molecule has 0 fully saturated rings. The van der Waals surface area contributed by atoms with Crippen LogP contribution in [0.5, 0.6) is 5.88 Å². The minimum Gasteiger partial charge on any atom is -0.493 e. The van der Waals surface area contributed by atoms with Gasteiger partial charge in [0, 0.05) is 0 Å². The normalized spacial score (nSPS) is 12.8. The first-order valence-corrected chi connectivity index (χ1v) is 4.11. The summed E-state index contributed by atoms with van der Waals surface area (Å²) in [6, 6.07) is -0.334. The van der Waals surface area contributed by atoms with Gasteiger partial charge in [-0.05, 0) is 13.3 Å². The number of aromatic amines is 1. The number of rotatable bonds is 2. The molecule has 5 nitrogen and oxygen atoms in total. The number of aromatic nitrogens is 2. The minimum absolute atomic E-state index is 0.215. The number of aromatic hydroxyl groups is 1. The number of nitrogens with two attached hydrogens (primary N) is 1. The first-order chi connectivity index (χ1) is 6.06. The van der Waals surface area contributed by atoms with E-state index in [2.05, 4.69) is 9.97 Å². The van der Waals surface area contributed by atoms with Crippen LogP contribution in [0, 0.1) is 6.92 Å². The van der Waals surface area contributed by atoms with Gasteiger partial charge in [0.05, 0.1) is 11.6 Å². The van der Waals surface area contributed by atoms with Gasteiger partial charge in [0.2, 0.25) is 5.88 Å². The summed E-state index contributed by atoms with van der Waals surface area (Å²) in [5.74, 6) is 0.0817. The molecule has 0 saturated carbocycles. The predicted octanol–water partition coefficient (Wildman–Crippen LogP) is 0.194. The van der Waals surface area contributed by atoms with Crippen LogP contribution in [0.25, 0.3) is 0 Å². The highest BCUT2D eigenvalue weighted by molar-refractivity contribution is 5.20. The summed E-state index contributed by atoms with van der Waals surface area (Å²) in [5.41, 5.74) is 5.51. The van der Waals surface area contributed by atoms with Crippen molar-refractivity contribution in [3.05, 3.63) is 21.7 Å². The van der Waals surface area contributed by atoms with E-state index in [0.29, 0.717) is 12.2 Å². The molecule has 1 atom stereocenters. The lowest BCUT2D eigenvalue weighted by atomic mass is 10.2. The molecule has 5 heteroatoms. The largest absolute Gasteiger partial charge is 0.493 e. The van der Waals surface area contributed by atoms with Gasteiger partial charge in [-0.3, -0.25) is 4.79 Å². The van der Waals surface area contributed by atoms with Crippen molar-refractivity contribution < 1.29 is 5.11 Å². The van der Waals surface area contributed by atoms with E-state index in [0.717, 1.165) is 0 Å². The van der Waals surface area contributed by atoms with Gasteiger partial charge < -0.3 is 15.8 Å². The fourth-order valence-electron chi connectivity index (χ4n) is 0.906. The topological polar surface area (TPSA) is 92.0 Å². The van der Waals surface area contributed by atoms with Crippen LogP contribution in [0.3, 0.4) is 0 Å². The van der Waals surface area contributed by atoms with E-state index in [1.165, 1.54) is 6.92 Å². The Hall–Kier alpha value is -1.36. The van der Waals surface area contributed by atoms with Gasteiger partial charge >= 0.3 is 0 Å². The van der Waals surface area contributed by atoms with Gasteiger partial charge in [-0.1, -0.05) is 6.92 Å². The van der Waals surface area contributed by atoms with Gasteiger partial charge in [0.1, 0.15) is 5.82 Å². The summed E-state index contributed by atoms with van der Waals surface area (Å²) >= 11 is 0. The average molecular weight is 183 g/mol. The highest BCUT2D eigenvalue weighted by Gasteiger charge is 2.10. The van der Waals surface area contributed by atoms with Crippen LogP contribution in [0.4, 0.5) is 0 Å². The highest BCUT2D eigenvalue weighted by atomic mass is 16.3. The molecule has 0 spiro atoms. The molecule has 1 rings (SSSR count). The number of H-pyrrole nitrogens is 1. The van der Waals surface area contributed by atoms with Crippen LogP contribution in [-0.2, 0) is 0 Å². The molecule has 0 amide bonds. The molecule has 0 aromatic carbocycles. The van der Waals surface area contributed by atoms with Crippen molar-refractivity contribution in [2.24, 2.45) is 5.73 Å². The zero-order chi connectivity index (χ0) is 10.0. The minimum atomic E-state index is -0.341. The van der Waals surface area contributed by atoms with E-state index in [1.807, 2.05) is 6.92 Å². The second kappa shape index (κ2) is 3.57. The Morgan fingerprint density at radius 2 is 2.31 bits per heavy atom. The van der Waals surface area contributed by atoms with E-state index in [1.54, 1.807) is 0 Å². The Morgan fingerprint density at radius 1 is 1.69 bits per heavy atom. The summed E-state index contributed by atoms with van der Waals surface area (Å²) in [7, 11) is 0. The van der Waals surface area contributed by atoms with Crippen molar-refractivity contribution in [3.63, 3.8) is 0 Å². The third-order valence-corrected chi connectivity index (χ3v) is 1.94. The second-order valence-electron chi connectivity index (χ2n) is 2.91. The molecule has 1 aromatic rings. The maximum Gasteiger partial charge on any atom is 0.257 e. The van der Waals surface area contributed by atoms with Gasteiger partial charge in [-0.25, -0.2) is 0 Å². The van der Waals surface area contributed by atoms with Crippen LogP contribution >= 0.6 is 0 Å². The predicted molar refractivity (Wildman–Crippen MR) is 48.5 cm³/mol. The highest BCUT2D eigenvalue weighted by Crippen LogP contribution is 2.11. The molecule has 0 saturated heterocycles. The van der Waals surface area contributed by atoms with Gasteiger partial charge in [-0.15, -0.1) is 0 Å². The molecule has 4 N–H and O–H groups in total. The van der Waals surface area contributed by atoms with Gasteiger partial charge in [0.15, 0.2) is 0 Å². The smallest absolute Gasteiger partial charge is 0.257 e. The van der Waals surface area contributed by atoms with Crippen LogP contribution in [-0.4, -0.2) is 15.1 Å². The summed E-state index contributed by atoms with van der Waals surface area (Å²) in [4.78, 5) is 17.5. The molecule has 0 aliphatic carbocycles. The summed E-state index contributed by atoms with van der Waals surface area (Å²) < 4.78 is 0. The third-order valence-electron chi connectivity index (χ3n) is 1.94. The van der Waals surface area contributed by atoms with E-state index in [9.17, 15) is 9.90 Å². The molecule has 0 bridgehead atoms. The Balaban J connectivity index is 3.21. The summed E-state index contributed by atoms with van der Waals surface area (Å²) in [6.07, 6.45) is 0.658. The number of hydrogen-bond donors (Lipinski definition) is 3. The van der Waals surface area contributed by atoms with Crippen LogP contribution < -0.4 is 11.3 Å². The van der Waals surface area contributed by atoms with Crippen molar-refractivity contribution >= 4 is 0 Å². The lowest BCUT2D eigenvalue weighted by molar-refractivity contribution is 0.438. The quantitative estimate of drug-likeness (QED) is 0.610. The monoisotopic (exact) mass is 183 g/mol. The lowest BCUT2D eigenvalue weighted by Crippen LogP contribution is -2.20. The average Bonchev–Trinajstić information content (AvgIpc) is 2.12. The van der Waals surface area contributed by atoms with E-state index >= 15 is 0 Å². The van der Waals surface area contributed by atoms with Crippen molar-refractivity contribution in [1.29, 1.82) is 0 Å². The standard InChI is InChI=1S/C8H13N3O2/c1-3-5(9)6-10-7(12)4(2)8(13)11-6/h5H,3,9H2,1-2H3,(H2,10,11,12,13). The molecule has 13 heavy (non-hydrogen) atoms. The van der Waals surface area contributed by atoms with E-state index in [4.69, 9.17) is 5.73 Å². The SMILES string of the molecule is CCC(N)c1nc(O)c(C)c(=O)[nH]1. The molecular formula is C8H13N3O2. The number of nitrogens with one attached hydrogen (secondary N) is 1. The third kappa shape index (κ3) is 1.86. The second-order valence-corrected chi connectivity index (χ2v) is 2.91. The lowest BCUT2D eigenvalue weighted by Gasteiger charge is -2.08. The van der Waals surface area contributed by atoms with Crippen LogP contribution in [0.15, 0.2) is 4.79 Å². The molecule has 0 radical (unpaired) electrons. The fourth-order valence-corrected chi connectivity index (χ4v) is 0.906. The first-order valence-electron chi connectivity index (χ1n) is 4.11. The van der Waals surface area contributed by atoms with Crippen molar-refractivity contribution in [2.75, 3.05) is 0 Å². The molecule has 72 valence electrons. The Labute approximate surface area is 75.6 Å². The molecule has 0 aliphatic heterocycles. The van der Waals surface area contributed by atoms with Gasteiger partial charge in [-0.2, -0.15) is 4.98 Å². The van der Waals surface area contributed by atoms with Crippen molar-refractivity contribution in [2.45, 2.75) is 26.3 Å². The zero-order valence-corrected chi connectivity index (χ0v) is 7.66. The summed E-state index contributed by atoms with van der Waals surface area (Å²) in [5, 5.41) is 9.24. The number of hydrogen-bond acceptors (Lipinski definition) is 4. The van der Waals surface area contributed by atoms with Crippen LogP contribution in [0.1, 0.15) is 30.8 Å². The Kier molecular flexibility index (Phi) is 2.67. The molecule has 1 heterocycles. The van der Waals surface area contributed by atoms with Crippen LogP contribution in [0.2, 0.25) is 0 Å². The zero-order valence-electron chi connectivity index (χ0n) is 7.66. The molecule has 0 aliphatic rings. The Bertz CT molecular complexity index is 359. The van der Waals surface area contributed by atoms with Crippen molar-refractivity contribution in [1.82, 2.24) is 9.97 Å². The number of nitrogens with zero attached hydrogens (tertiary/aromatic N) is 1. The van der Waals surface area contributed by atoms with Gasteiger partial charge in [0.25, 0.3) is 5.56 Å². The maximum absolute atomic E-state index is 11.2. The van der Waals surface area contributed by atoms with E-state index in [-0.39, 0.29) is 23.0 Å². The van der Waals surface area contributed by atoms with E-state index < -0.39 is 0 Å². The molecule has 1 unspecified atom stereocenters. The Morgan fingerprint density at radius 3 is 2.77 bits per heavy atom. The van der Waals surface area contributed by atoms with Crippen molar-refractivity contribution in [3.8, 4) is 5.88 Å². The molecular weight excluding hydrogens is 170 g/mol. The molecule has 1 aromatic heterocycles. The maximum atomic E-state index is 11.2. The first kappa shape index (κ1) is 9.73.